The Labute approximate surface area is 142 Å². The Kier molecular flexibility index (Phi) is 4.39. The Morgan fingerprint density at radius 2 is 1.75 bits per heavy atom. The molecule has 24 heavy (non-hydrogen) atoms. The standard InChI is InChI=1S/C17H12ClN3O3/c18-15-11-20(10-13-8-4-5-9-14(13)21(23)24)17(22)16(19-15)12-6-2-1-3-7-12/h1-9,11H,10H2. The number of halogens is 1. The van der Waals surface area contributed by atoms with Gasteiger partial charge in [0.1, 0.15) is 10.8 Å². The Balaban J connectivity index is 2.09. The van der Waals surface area contributed by atoms with Crippen molar-refractivity contribution in [2.45, 2.75) is 6.54 Å². The highest BCUT2D eigenvalue weighted by Crippen LogP contribution is 2.20. The Hall–Kier alpha value is -2.99. The predicted octanol–water partition coefficient (Wildman–Crippen LogP) is 3.52. The molecule has 0 saturated heterocycles. The van der Waals surface area contributed by atoms with Crippen molar-refractivity contribution in [3.8, 4) is 11.3 Å². The SMILES string of the molecule is O=c1c(-c2ccccc2)nc(Cl)cn1Cc1ccccc1[N+](=O)[O-]. The number of nitro groups is 1. The molecule has 0 aliphatic heterocycles. The van der Waals surface area contributed by atoms with E-state index in [1.165, 1.54) is 16.8 Å². The molecule has 1 aromatic heterocycles. The fourth-order valence-corrected chi connectivity index (χ4v) is 2.62. The molecule has 0 aliphatic rings. The van der Waals surface area contributed by atoms with E-state index in [4.69, 9.17) is 11.6 Å². The maximum atomic E-state index is 12.7. The maximum Gasteiger partial charge on any atom is 0.277 e. The summed E-state index contributed by atoms with van der Waals surface area (Å²) in [6.07, 6.45) is 1.38. The monoisotopic (exact) mass is 341 g/mol. The lowest BCUT2D eigenvalue weighted by Crippen LogP contribution is -2.23. The van der Waals surface area contributed by atoms with Gasteiger partial charge in [-0.2, -0.15) is 0 Å². The zero-order valence-electron chi connectivity index (χ0n) is 12.4. The molecule has 3 rings (SSSR count). The summed E-state index contributed by atoms with van der Waals surface area (Å²) in [4.78, 5) is 27.4. The summed E-state index contributed by atoms with van der Waals surface area (Å²) in [6.45, 7) is 0.0397. The molecule has 0 unspecified atom stereocenters. The van der Waals surface area contributed by atoms with Gasteiger partial charge in [0, 0.05) is 23.4 Å². The van der Waals surface area contributed by atoms with E-state index in [1.54, 1.807) is 42.5 Å². The third kappa shape index (κ3) is 3.18. The van der Waals surface area contributed by atoms with Crippen LogP contribution in [0.15, 0.2) is 65.6 Å². The summed E-state index contributed by atoms with van der Waals surface area (Å²) in [5.41, 5.74) is 0.872. The van der Waals surface area contributed by atoms with Crippen molar-refractivity contribution in [2.75, 3.05) is 0 Å². The number of aromatic nitrogens is 2. The second-order valence-corrected chi connectivity index (χ2v) is 5.48. The van der Waals surface area contributed by atoms with Crippen LogP contribution in [0.4, 0.5) is 5.69 Å². The number of nitro benzene ring substituents is 1. The molecular weight excluding hydrogens is 330 g/mol. The largest absolute Gasteiger partial charge is 0.306 e. The number of rotatable bonds is 4. The second kappa shape index (κ2) is 6.64. The average Bonchev–Trinajstić information content (AvgIpc) is 2.59. The lowest BCUT2D eigenvalue weighted by molar-refractivity contribution is -0.385. The highest BCUT2D eigenvalue weighted by Gasteiger charge is 2.15. The normalized spacial score (nSPS) is 10.5. The van der Waals surface area contributed by atoms with Crippen LogP contribution in [-0.2, 0) is 6.54 Å². The van der Waals surface area contributed by atoms with Gasteiger partial charge in [-0.1, -0.05) is 60.1 Å². The molecular formula is C17H12ClN3O3. The van der Waals surface area contributed by atoms with Crippen LogP contribution < -0.4 is 5.56 Å². The molecule has 0 atom stereocenters. The minimum absolute atomic E-state index is 0.0397. The van der Waals surface area contributed by atoms with Gasteiger partial charge in [-0.25, -0.2) is 4.98 Å². The van der Waals surface area contributed by atoms with Gasteiger partial charge in [0.25, 0.3) is 11.2 Å². The molecule has 0 spiro atoms. The molecule has 0 N–H and O–H groups in total. The van der Waals surface area contributed by atoms with Gasteiger partial charge >= 0.3 is 0 Å². The van der Waals surface area contributed by atoms with E-state index in [0.29, 0.717) is 11.1 Å². The minimum Gasteiger partial charge on any atom is -0.306 e. The molecule has 1 heterocycles. The number of para-hydroxylation sites is 1. The smallest absolute Gasteiger partial charge is 0.277 e. The quantitative estimate of drug-likeness (QED) is 0.537. The first kappa shape index (κ1) is 15.9. The van der Waals surface area contributed by atoms with Gasteiger partial charge in [-0.3, -0.25) is 14.9 Å². The number of nitrogens with zero attached hydrogens (tertiary/aromatic N) is 3. The summed E-state index contributed by atoms with van der Waals surface area (Å²) in [7, 11) is 0. The van der Waals surface area contributed by atoms with Gasteiger partial charge in [-0.15, -0.1) is 0 Å². The summed E-state index contributed by atoms with van der Waals surface area (Å²) >= 11 is 6.04. The molecule has 0 radical (unpaired) electrons. The first-order valence-corrected chi connectivity index (χ1v) is 7.49. The third-order valence-corrected chi connectivity index (χ3v) is 3.70. The minimum atomic E-state index is -0.471. The molecule has 0 amide bonds. The molecule has 120 valence electrons. The molecule has 0 saturated carbocycles. The van der Waals surface area contributed by atoms with Crippen molar-refractivity contribution in [3.63, 3.8) is 0 Å². The van der Waals surface area contributed by atoms with Crippen LogP contribution in [0.5, 0.6) is 0 Å². The van der Waals surface area contributed by atoms with Crippen LogP contribution in [0.3, 0.4) is 0 Å². The lowest BCUT2D eigenvalue weighted by atomic mass is 10.1. The predicted molar refractivity (Wildman–Crippen MR) is 91.1 cm³/mol. The second-order valence-electron chi connectivity index (χ2n) is 5.10. The molecule has 7 heteroatoms. The fraction of sp³-hybridized carbons (Fsp3) is 0.0588. The van der Waals surface area contributed by atoms with Crippen molar-refractivity contribution in [1.29, 1.82) is 0 Å². The van der Waals surface area contributed by atoms with Crippen molar-refractivity contribution in [2.24, 2.45) is 0 Å². The number of hydrogen-bond acceptors (Lipinski definition) is 4. The van der Waals surface area contributed by atoms with Crippen molar-refractivity contribution in [1.82, 2.24) is 9.55 Å². The van der Waals surface area contributed by atoms with E-state index in [1.807, 2.05) is 6.07 Å². The summed E-state index contributed by atoms with van der Waals surface area (Å²) in [5.74, 6) is 0. The third-order valence-electron chi connectivity index (χ3n) is 3.52. The molecule has 2 aromatic carbocycles. The van der Waals surface area contributed by atoms with Gasteiger partial charge in [0.2, 0.25) is 0 Å². The van der Waals surface area contributed by atoms with Gasteiger partial charge in [0.05, 0.1) is 11.5 Å². The number of hydrogen-bond donors (Lipinski definition) is 0. The molecule has 0 aliphatic carbocycles. The highest BCUT2D eigenvalue weighted by molar-refractivity contribution is 6.29. The lowest BCUT2D eigenvalue weighted by Gasteiger charge is -2.09. The van der Waals surface area contributed by atoms with Crippen LogP contribution in [0.25, 0.3) is 11.3 Å². The van der Waals surface area contributed by atoms with Crippen molar-refractivity contribution >= 4 is 17.3 Å². The average molecular weight is 342 g/mol. The topological polar surface area (TPSA) is 78.0 Å². The zero-order chi connectivity index (χ0) is 17.1. The fourth-order valence-electron chi connectivity index (χ4n) is 2.41. The summed E-state index contributed by atoms with van der Waals surface area (Å²) < 4.78 is 1.33. The van der Waals surface area contributed by atoms with Crippen LogP contribution in [0.1, 0.15) is 5.56 Å². The van der Waals surface area contributed by atoms with Crippen molar-refractivity contribution < 1.29 is 4.92 Å². The van der Waals surface area contributed by atoms with E-state index in [2.05, 4.69) is 4.98 Å². The molecule has 3 aromatic rings. The molecule has 0 fully saturated rings. The van der Waals surface area contributed by atoms with E-state index >= 15 is 0 Å². The Morgan fingerprint density at radius 1 is 1.08 bits per heavy atom. The Bertz CT molecular complexity index is 955. The first-order valence-electron chi connectivity index (χ1n) is 7.11. The first-order chi connectivity index (χ1) is 11.6. The molecule has 6 nitrogen and oxygen atoms in total. The van der Waals surface area contributed by atoms with Gasteiger partial charge < -0.3 is 4.57 Å². The highest BCUT2D eigenvalue weighted by atomic mass is 35.5. The molecule has 0 bridgehead atoms. The van der Waals surface area contributed by atoms with E-state index in [9.17, 15) is 14.9 Å². The van der Waals surface area contributed by atoms with E-state index in [-0.39, 0.29) is 28.6 Å². The van der Waals surface area contributed by atoms with Gasteiger partial charge in [0.15, 0.2) is 0 Å². The van der Waals surface area contributed by atoms with Crippen LogP contribution >= 0.6 is 11.6 Å². The van der Waals surface area contributed by atoms with E-state index in [0.717, 1.165) is 0 Å². The van der Waals surface area contributed by atoms with Crippen LogP contribution in [0, 0.1) is 10.1 Å². The summed E-state index contributed by atoms with van der Waals surface area (Å²) in [6, 6.07) is 15.2. The van der Waals surface area contributed by atoms with Crippen LogP contribution in [-0.4, -0.2) is 14.5 Å². The van der Waals surface area contributed by atoms with Crippen molar-refractivity contribution in [3.05, 3.63) is 92.0 Å². The van der Waals surface area contributed by atoms with Gasteiger partial charge in [-0.05, 0) is 0 Å². The van der Waals surface area contributed by atoms with E-state index < -0.39 is 4.92 Å². The number of benzene rings is 2. The maximum absolute atomic E-state index is 12.7. The summed E-state index contributed by atoms with van der Waals surface area (Å²) in [5, 5.41) is 11.3. The zero-order valence-corrected chi connectivity index (χ0v) is 13.2. The Morgan fingerprint density at radius 3 is 2.46 bits per heavy atom. The van der Waals surface area contributed by atoms with Crippen LogP contribution in [0.2, 0.25) is 5.15 Å².